The van der Waals surface area contributed by atoms with E-state index in [1.165, 1.54) is 5.56 Å². The summed E-state index contributed by atoms with van der Waals surface area (Å²) in [6.45, 7) is 14.2. The normalized spacial score (nSPS) is 13.6. The Bertz CT molecular complexity index is 1230. The number of nitrogens with two attached hydrogens (primary N) is 1. The van der Waals surface area contributed by atoms with Gasteiger partial charge >= 0.3 is 0 Å². The number of fused-ring (bicyclic) bond motifs is 3. The van der Waals surface area contributed by atoms with Gasteiger partial charge < -0.3 is 15.0 Å². The minimum absolute atomic E-state index is 0.0333. The first kappa shape index (κ1) is 22.1. The molecule has 0 radical (unpaired) electrons. The Labute approximate surface area is 190 Å². The number of para-hydroxylation sites is 1. The predicted molar refractivity (Wildman–Crippen MR) is 133 cm³/mol. The van der Waals surface area contributed by atoms with Gasteiger partial charge in [0.1, 0.15) is 17.4 Å². The first-order valence-corrected chi connectivity index (χ1v) is 11.3. The lowest BCUT2D eigenvalue weighted by Gasteiger charge is -2.33. The van der Waals surface area contributed by atoms with Crippen molar-refractivity contribution < 1.29 is 4.74 Å². The van der Waals surface area contributed by atoms with Gasteiger partial charge in [-0.15, -0.1) is 0 Å². The van der Waals surface area contributed by atoms with E-state index in [4.69, 9.17) is 10.5 Å². The highest BCUT2D eigenvalue weighted by Gasteiger charge is 2.27. The number of nitrogens with zero attached hydrogens (tertiary/aromatic N) is 3. The number of benzene rings is 2. The quantitative estimate of drug-likeness (QED) is 0.387. The lowest BCUT2D eigenvalue weighted by molar-refractivity contribution is 0.201. The van der Waals surface area contributed by atoms with E-state index in [1.807, 2.05) is 24.5 Å². The van der Waals surface area contributed by atoms with Crippen LogP contribution in [0.25, 0.3) is 21.9 Å². The zero-order chi connectivity index (χ0) is 23.1. The van der Waals surface area contributed by atoms with Gasteiger partial charge in [0.25, 0.3) is 0 Å². The van der Waals surface area contributed by atoms with Gasteiger partial charge in [0.05, 0.1) is 23.9 Å². The number of rotatable bonds is 6. The number of pyridine rings is 1. The van der Waals surface area contributed by atoms with Crippen molar-refractivity contribution in [2.24, 2.45) is 5.41 Å². The summed E-state index contributed by atoms with van der Waals surface area (Å²) in [6.07, 6.45) is 2.91. The first-order valence-electron chi connectivity index (χ1n) is 11.3. The van der Waals surface area contributed by atoms with Crippen LogP contribution < -0.4 is 10.5 Å². The van der Waals surface area contributed by atoms with Crippen LogP contribution in [-0.4, -0.2) is 20.6 Å². The van der Waals surface area contributed by atoms with Gasteiger partial charge in [0, 0.05) is 5.39 Å². The summed E-state index contributed by atoms with van der Waals surface area (Å²) in [5.41, 5.74) is 10.5. The summed E-state index contributed by atoms with van der Waals surface area (Å²) >= 11 is 0. The zero-order valence-electron chi connectivity index (χ0n) is 20.0. The third kappa shape index (κ3) is 4.57. The number of ether oxygens (including phenoxy) is 1. The molecular weight excluding hydrogens is 396 g/mol. The molecule has 0 saturated heterocycles. The molecule has 1 unspecified atom stereocenters. The Morgan fingerprint density at radius 1 is 1.00 bits per heavy atom. The molecule has 4 aromatic rings. The van der Waals surface area contributed by atoms with Crippen LogP contribution in [0.3, 0.4) is 0 Å². The molecule has 0 aliphatic rings. The number of hydrogen-bond acceptors (Lipinski definition) is 4. The maximum absolute atomic E-state index is 6.25. The van der Waals surface area contributed by atoms with E-state index >= 15 is 0 Å². The van der Waals surface area contributed by atoms with Crippen LogP contribution in [0.4, 0.5) is 5.82 Å². The van der Waals surface area contributed by atoms with Crippen molar-refractivity contribution in [1.82, 2.24) is 14.5 Å². The number of anilines is 1. The van der Waals surface area contributed by atoms with Gasteiger partial charge in [0.2, 0.25) is 0 Å². The largest absolute Gasteiger partial charge is 0.489 e. The second-order valence-electron chi connectivity index (χ2n) is 10.7. The SMILES string of the molecule is CC(Cn1cnc2c(N)nc3ccccc3c21)Oc1ccc(C(C)(C)CC(C)(C)C)cc1. The fourth-order valence-corrected chi connectivity index (χ4v) is 4.90. The van der Waals surface area contributed by atoms with Crippen LogP contribution in [0, 0.1) is 5.41 Å². The molecule has 2 aromatic heterocycles. The van der Waals surface area contributed by atoms with Crippen LogP contribution in [0.1, 0.15) is 53.5 Å². The summed E-state index contributed by atoms with van der Waals surface area (Å²) in [4.78, 5) is 9.00. The van der Waals surface area contributed by atoms with Gasteiger partial charge in [-0.1, -0.05) is 65.0 Å². The fourth-order valence-electron chi connectivity index (χ4n) is 4.90. The van der Waals surface area contributed by atoms with Crippen LogP contribution in [0.2, 0.25) is 0 Å². The lowest BCUT2D eigenvalue weighted by atomic mass is 9.72. The Kier molecular flexibility index (Phi) is 5.61. The van der Waals surface area contributed by atoms with E-state index < -0.39 is 0 Å². The van der Waals surface area contributed by atoms with Crippen LogP contribution in [0.15, 0.2) is 54.9 Å². The van der Waals surface area contributed by atoms with E-state index in [0.717, 1.165) is 34.1 Å². The van der Waals surface area contributed by atoms with Gasteiger partial charge in [-0.05, 0) is 47.9 Å². The van der Waals surface area contributed by atoms with Crippen LogP contribution in [-0.2, 0) is 12.0 Å². The van der Waals surface area contributed by atoms with Crippen LogP contribution in [0.5, 0.6) is 5.75 Å². The number of nitrogen functional groups attached to an aromatic ring is 1. The Morgan fingerprint density at radius 3 is 2.38 bits per heavy atom. The van der Waals surface area contributed by atoms with Gasteiger partial charge in [-0.3, -0.25) is 0 Å². The molecule has 168 valence electrons. The van der Waals surface area contributed by atoms with Gasteiger partial charge in [0.15, 0.2) is 5.82 Å². The fraction of sp³-hybridized carbons (Fsp3) is 0.407. The molecule has 5 nitrogen and oxygen atoms in total. The average molecular weight is 431 g/mol. The van der Waals surface area contributed by atoms with Crippen molar-refractivity contribution in [3.05, 3.63) is 60.4 Å². The summed E-state index contributed by atoms with van der Waals surface area (Å²) in [5, 5.41) is 1.05. The monoisotopic (exact) mass is 430 g/mol. The minimum Gasteiger partial charge on any atom is -0.489 e. The van der Waals surface area contributed by atoms with E-state index in [1.54, 1.807) is 0 Å². The highest BCUT2D eigenvalue weighted by atomic mass is 16.5. The van der Waals surface area contributed by atoms with Crippen LogP contribution >= 0.6 is 0 Å². The molecule has 0 bridgehead atoms. The molecule has 0 aliphatic carbocycles. The number of aromatic nitrogens is 3. The molecule has 2 N–H and O–H groups in total. The van der Waals surface area contributed by atoms with Crippen molar-refractivity contribution in [2.75, 3.05) is 5.73 Å². The van der Waals surface area contributed by atoms with Crippen molar-refractivity contribution in [1.29, 1.82) is 0 Å². The number of hydrogen-bond donors (Lipinski definition) is 1. The molecule has 4 rings (SSSR count). The van der Waals surface area contributed by atoms with Crippen molar-refractivity contribution in [3.63, 3.8) is 0 Å². The van der Waals surface area contributed by atoms with Gasteiger partial charge in [-0.2, -0.15) is 0 Å². The number of imidazole rings is 1. The molecule has 0 saturated carbocycles. The second-order valence-corrected chi connectivity index (χ2v) is 10.7. The average Bonchev–Trinajstić information content (AvgIpc) is 3.11. The zero-order valence-corrected chi connectivity index (χ0v) is 20.0. The minimum atomic E-state index is -0.0333. The molecule has 1 atom stereocenters. The van der Waals surface area contributed by atoms with E-state index in [-0.39, 0.29) is 16.9 Å². The highest BCUT2D eigenvalue weighted by molar-refractivity contribution is 6.06. The topological polar surface area (TPSA) is 66.0 Å². The van der Waals surface area contributed by atoms with Crippen molar-refractivity contribution in [3.8, 4) is 5.75 Å². The summed E-state index contributed by atoms with van der Waals surface area (Å²) in [5.74, 6) is 1.34. The molecule has 0 amide bonds. The summed E-state index contributed by atoms with van der Waals surface area (Å²) in [7, 11) is 0. The van der Waals surface area contributed by atoms with E-state index in [9.17, 15) is 0 Å². The maximum atomic E-state index is 6.25. The molecular formula is C27H34N4O. The summed E-state index contributed by atoms with van der Waals surface area (Å²) in [6, 6.07) is 16.6. The van der Waals surface area contributed by atoms with Crippen molar-refractivity contribution >= 4 is 27.8 Å². The highest BCUT2D eigenvalue weighted by Crippen LogP contribution is 2.36. The predicted octanol–water partition coefficient (Wildman–Crippen LogP) is 6.35. The molecule has 0 aliphatic heterocycles. The standard InChI is InChI=1S/C27H34N4O/c1-18(32-20-13-11-19(12-14-20)27(5,6)16-26(2,3)4)15-31-17-29-23-24(31)21-9-7-8-10-22(21)30-25(23)28/h7-14,17-18H,15-16H2,1-6H3,(H2,28,30). The Hall–Kier alpha value is -3.08. The molecule has 2 heterocycles. The Balaban J connectivity index is 1.52. The Morgan fingerprint density at radius 2 is 1.69 bits per heavy atom. The first-order chi connectivity index (χ1) is 15.0. The third-order valence-corrected chi connectivity index (χ3v) is 5.88. The molecule has 32 heavy (non-hydrogen) atoms. The lowest BCUT2D eigenvalue weighted by Crippen LogP contribution is -2.24. The molecule has 2 aromatic carbocycles. The smallest absolute Gasteiger partial charge is 0.152 e. The summed E-state index contributed by atoms with van der Waals surface area (Å²) < 4.78 is 8.36. The molecule has 5 heteroatoms. The second kappa shape index (κ2) is 8.12. The third-order valence-electron chi connectivity index (χ3n) is 5.88. The van der Waals surface area contributed by atoms with E-state index in [0.29, 0.717) is 12.4 Å². The van der Waals surface area contributed by atoms with Gasteiger partial charge in [-0.25, -0.2) is 9.97 Å². The van der Waals surface area contributed by atoms with E-state index in [2.05, 4.69) is 86.4 Å². The maximum Gasteiger partial charge on any atom is 0.152 e. The molecule has 0 spiro atoms. The molecule has 0 fully saturated rings. The van der Waals surface area contributed by atoms with Crippen molar-refractivity contribution in [2.45, 2.75) is 66.0 Å².